The van der Waals surface area contributed by atoms with Crippen LogP contribution in [-0.2, 0) is 9.53 Å². The Hall–Kier alpha value is -1.32. The van der Waals surface area contributed by atoms with Gasteiger partial charge in [0.1, 0.15) is 6.10 Å². The Morgan fingerprint density at radius 3 is 2.54 bits per heavy atom. The number of nitrogens with zero attached hydrogens (tertiary/aromatic N) is 1. The topological polar surface area (TPSA) is 55.0 Å². The molecule has 1 N–H and O–H groups in total. The van der Waals surface area contributed by atoms with E-state index in [0.29, 0.717) is 0 Å². The zero-order chi connectivity index (χ0) is 10.0. The smallest absolute Gasteiger partial charge is 0.303 e. The minimum Gasteiger partial charge on any atom is -0.458 e. The third-order valence-electron chi connectivity index (χ3n) is 1.93. The fraction of sp³-hybridized carbons (Fsp3) is 0.556. The molecular formula is C9H14N2O2. The standard InChI is InChI=1S/C9H14N2O2/c1-5-9(6(2)11-10-5)7(3)13-8(4)12/h7H,1-4H3,(H,10,11). The molecule has 0 aromatic carbocycles. The number of nitrogens with one attached hydrogen (secondary N) is 1. The first-order valence-corrected chi connectivity index (χ1v) is 4.21. The van der Waals surface area contributed by atoms with Crippen LogP contribution >= 0.6 is 0 Å². The van der Waals surface area contributed by atoms with Crippen molar-refractivity contribution in [2.24, 2.45) is 0 Å². The number of ether oxygens (including phenoxy) is 1. The molecule has 0 aliphatic carbocycles. The Balaban J connectivity index is 2.87. The van der Waals surface area contributed by atoms with Gasteiger partial charge in [0.25, 0.3) is 0 Å². The van der Waals surface area contributed by atoms with Crippen LogP contribution in [-0.4, -0.2) is 16.2 Å². The molecule has 0 radical (unpaired) electrons. The van der Waals surface area contributed by atoms with Gasteiger partial charge in [0.05, 0.1) is 5.69 Å². The average Bonchev–Trinajstić information content (AvgIpc) is 2.29. The van der Waals surface area contributed by atoms with Crippen molar-refractivity contribution in [1.82, 2.24) is 10.2 Å². The molecule has 1 heterocycles. The lowest BCUT2D eigenvalue weighted by Crippen LogP contribution is -2.06. The van der Waals surface area contributed by atoms with Crippen molar-refractivity contribution in [2.75, 3.05) is 0 Å². The van der Waals surface area contributed by atoms with E-state index in [0.717, 1.165) is 17.0 Å². The van der Waals surface area contributed by atoms with Crippen molar-refractivity contribution in [3.8, 4) is 0 Å². The molecule has 0 aliphatic rings. The van der Waals surface area contributed by atoms with Gasteiger partial charge in [-0.1, -0.05) is 0 Å². The highest BCUT2D eigenvalue weighted by molar-refractivity contribution is 5.66. The maximum Gasteiger partial charge on any atom is 0.303 e. The van der Waals surface area contributed by atoms with Gasteiger partial charge in [0.15, 0.2) is 0 Å². The number of carbonyl (C=O) groups excluding carboxylic acids is 1. The van der Waals surface area contributed by atoms with Crippen molar-refractivity contribution in [1.29, 1.82) is 0 Å². The molecule has 4 nitrogen and oxygen atoms in total. The highest BCUT2D eigenvalue weighted by atomic mass is 16.5. The number of aromatic nitrogens is 2. The summed E-state index contributed by atoms with van der Waals surface area (Å²) in [6, 6.07) is 0. The van der Waals surface area contributed by atoms with Crippen molar-refractivity contribution in [2.45, 2.75) is 33.8 Å². The van der Waals surface area contributed by atoms with Crippen molar-refractivity contribution < 1.29 is 9.53 Å². The molecule has 1 aromatic rings. The summed E-state index contributed by atoms with van der Waals surface area (Å²) < 4.78 is 5.06. The van der Waals surface area contributed by atoms with Gasteiger partial charge in [-0.05, 0) is 20.8 Å². The van der Waals surface area contributed by atoms with Crippen LogP contribution in [0.4, 0.5) is 0 Å². The Labute approximate surface area is 77.3 Å². The summed E-state index contributed by atoms with van der Waals surface area (Å²) in [5.74, 6) is -0.271. The first kappa shape index (κ1) is 9.77. The molecule has 0 aliphatic heterocycles. The first-order chi connectivity index (χ1) is 6.02. The van der Waals surface area contributed by atoms with Gasteiger partial charge in [-0.15, -0.1) is 0 Å². The minimum absolute atomic E-state index is 0.226. The lowest BCUT2D eigenvalue weighted by atomic mass is 10.1. The van der Waals surface area contributed by atoms with Gasteiger partial charge in [-0.3, -0.25) is 9.89 Å². The molecule has 0 fully saturated rings. The molecule has 0 bridgehead atoms. The second kappa shape index (κ2) is 3.60. The van der Waals surface area contributed by atoms with Gasteiger partial charge < -0.3 is 4.74 Å². The van der Waals surface area contributed by atoms with Crippen LogP contribution in [0.15, 0.2) is 0 Å². The number of aryl methyl sites for hydroxylation is 2. The molecule has 13 heavy (non-hydrogen) atoms. The van der Waals surface area contributed by atoms with Crippen molar-refractivity contribution in [3.63, 3.8) is 0 Å². The van der Waals surface area contributed by atoms with E-state index in [1.54, 1.807) is 0 Å². The summed E-state index contributed by atoms with van der Waals surface area (Å²) in [6.45, 7) is 7.04. The quantitative estimate of drug-likeness (QED) is 0.707. The van der Waals surface area contributed by atoms with Gasteiger partial charge >= 0.3 is 5.97 Å². The molecule has 1 unspecified atom stereocenters. The Bertz CT molecular complexity index is 298. The Morgan fingerprint density at radius 1 is 1.54 bits per heavy atom. The van der Waals surface area contributed by atoms with E-state index in [4.69, 9.17) is 4.74 Å². The van der Waals surface area contributed by atoms with E-state index in [9.17, 15) is 4.79 Å². The fourth-order valence-electron chi connectivity index (χ4n) is 1.47. The van der Waals surface area contributed by atoms with E-state index in [1.807, 2.05) is 20.8 Å². The highest BCUT2D eigenvalue weighted by Crippen LogP contribution is 2.22. The maximum atomic E-state index is 10.7. The number of aromatic amines is 1. The number of hydrogen-bond donors (Lipinski definition) is 1. The molecule has 0 saturated carbocycles. The number of H-pyrrole nitrogens is 1. The summed E-state index contributed by atoms with van der Waals surface area (Å²) in [4.78, 5) is 10.7. The Morgan fingerprint density at radius 2 is 2.15 bits per heavy atom. The van der Waals surface area contributed by atoms with Crippen LogP contribution in [0.5, 0.6) is 0 Å². The van der Waals surface area contributed by atoms with Gasteiger partial charge in [-0.2, -0.15) is 5.10 Å². The summed E-state index contributed by atoms with van der Waals surface area (Å²) in [6.07, 6.45) is -0.226. The van der Waals surface area contributed by atoms with E-state index in [1.165, 1.54) is 6.92 Å². The predicted molar refractivity (Wildman–Crippen MR) is 48.2 cm³/mol. The van der Waals surface area contributed by atoms with E-state index >= 15 is 0 Å². The maximum absolute atomic E-state index is 10.7. The lowest BCUT2D eigenvalue weighted by Gasteiger charge is -2.11. The van der Waals surface area contributed by atoms with Gasteiger partial charge in [0, 0.05) is 18.2 Å². The van der Waals surface area contributed by atoms with Crippen LogP contribution in [0.1, 0.15) is 36.9 Å². The lowest BCUT2D eigenvalue weighted by molar-refractivity contribution is -0.145. The monoisotopic (exact) mass is 182 g/mol. The highest BCUT2D eigenvalue weighted by Gasteiger charge is 2.16. The predicted octanol–water partition coefficient (Wildman–Crippen LogP) is 1.65. The van der Waals surface area contributed by atoms with Gasteiger partial charge in [0.2, 0.25) is 0 Å². The molecule has 1 rings (SSSR count). The third kappa shape index (κ3) is 2.08. The normalized spacial score (nSPS) is 12.6. The second-order valence-electron chi connectivity index (χ2n) is 3.10. The molecule has 4 heteroatoms. The molecule has 0 amide bonds. The van der Waals surface area contributed by atoms with Gasteiger partial charge in [-0.25, -0.2) is 0 Å². The molecule has 72 valence electrons. The van der Waals surface area contributed by atoms with Crippen LogP contribution in [0.3, 0.4) is 0 Å². The van der Waals surface area contributed by atoms with Crippen LogP contribution in [0, 0.1) is 13.8 Å². The summed E-state index contributed by atoms with van der Waals surface area (Å²) in [7, 11) is 0. The molecule has 0 saturated heterocycles. The zero-order valence-corrected chi connectivity index (χ0v) is 8.34. The number of esters is 1. The molecular weight excluding hydrogens is 168 g/mol. The summed E-state index contributed by atoms with van der Waals surface area (Å²) >= 11 is 0. The minimum atomic E-state index is -0.271. The largest absolute Gasteiger partial charge is 0.458 e. The van der Waals surface area contributed by atoms with Crippen molar-refractivity contribution >= 4 is 5.97 Å². The molecule has 0 spiro atoms. The Kier molecular flexibility index (Phi) is 2.70. The SMILES string of the molecule is CC(=O)OC(C)c1c(C)n[nH]c1C. The van der Waals surface area contributed by atoms with E-state index in [2.05, 4.69) is 10.2 Å². The van der Waals surface area contributed by atoms with Crippen LogP contribution in [0.2, 0.25) is 0 Å². The molecule has 1 aromatic heterocycles. The summed E-state index contributed by atoms with van der Waals surface area (Å²) in [5, 5.41) is 6.88. The van der Waals surface area contributed by atoms with E-state index < -0.39 is 0 Å². The second-order valence-corrected chi connectivity index (χ2v) is 3.10. The van der Waals surface area contributed by atoms with Crippen LogP contribution < -0.4 is 0 Å². The number of carbonyl (C=O) groups is 1. The zero-order valence-electron chi connectivity index (χ0n) is 8.34. The van der Waals surface area contributed by atoms with Crippen LogP contribution in [0.25, 0.3) is 0 Å². The third-order valence-corrected chi connectivity index (χ3v) is 1.93. The average molecular weight is 182 g/mol. The van der Waals surface area contributed by atoms with E-state index in [-0.39, 0.29) is 12.1 Å². The van der Waals surface area contributed by atoms with Crippen molar-refractivity contribution in [3.05, 3.63) is 17.0 Å². The summed E-state index contributed by atoms with van der Waals surface area (Å²) in [5.41, 5.74) is 2.80. The number of hydrogen-bond acceptors (Lipinski definition) is 3. The fourth-order valence-corrected chi connectivity index (χ4v) is 1.47. The molecule has 1 atom stereocenters. The first-order valence-electron chi connectivity index (χ1n) is 4.21. The number of rotatable bonds is 2.